The Morgan fingerprint density at radius 2 is 1.93 bits per heavy atom. The van der Waals surface area contributed by atoms with Crippen LogP contribution in [0.1, 0.15) is 46.1 Å². The van der Waals surface area contributed by atoms with Crippen LogP contribution in [0.5, 0.6) is 0 Å². The van der Waals surface area contributed by atoms with Gasteiger partial charge in [-0.05, 0) is 52.7 Å². The van der Waals surface area contributed by atoms with E-state index in [9.17, 15) is 14.0 Å². The van der Waals surface area contributed by atoms with E-state index < -0.39 is 11.4 Å². The molecule has 1 aliphatic rings. The Morgan fingerprint density at radius 1 is 1.30 bits per heavy atom. The van der Waals surface area contributed by atoms with Gasteiger partial charge in [-0.3, -0.25) is 4.79 Å². The van der Waals surface area contributed by atoms with Crippen LogP contribution in [0.15, 0.2) is 18.2 Å². The molecule has 0 saturated carbocycles. The van der Waals surface area contributed by atoms with Crippen LogP contribution in [0.4, 0.5) is 9.18 Å². The lowest BCUT2D eigenvalue weighted by atomic mass is 9.95. The summed E-state index contributed by atoms with van der Waals surface area (Å²) in [5, 5.41) is 0.320. The van der Waals surface area contributed by atoms with Crippen molar-refractivity contribution >= 4 is 23.6 Å². The molecule has 0 radical (unpaired) electrons. The fourth-order valence-corrected chi connectivity index (χ4v) is 3.34. The van der Waals surface area contributed by atoms with Crippen LogP contribution in [-0.4, -0.2) is 47.0 Å². The first-order valence-electron chi connectivity index (χ1n) is 9.32. The van der Waals surface area contributed by atoms with Crippen LogP contribution in [0.25, 0.3) is 0 Å². The van der Waals surface area contributed by atoms with Crippen molar-refractivity contribution in [2.24, 2.45) is 5.92 Å². The first kappa shape index (κ1) is 21.5. The molecule has 1 fully saturated rings. The predicted molar refractivity (Wildman–Crippen MR) is 103 cm³/mol. The third kappa shape index (κ3) is 5.83. The number of halogens is 2. The van der Waals surface area contributed by atoms with E-state index in [1.807, 2.05) is 27.7 Å². The molecule has 0 atom stereocenters. The minimum absolute atomic E-state index is 0.0272. The van der Waals surface area contributed by atoms with Crippen LogP contribution < -0.4 is 0 Å². The summed E-state index contributed by atoms with van der Waals surface area (Å²) in [7, 11) is 0. The number of nitrogens with zero attached hydrogens (tertiary/aromatic N) is 2. The smallest absolute Gasteiger partial charge is 0.410 e. The SMILES string of the molecule is CCN(Cc1c(F)cccc1Cl)C(=O)C1CCN(C(=O)OC(C)(C)C)CC1. The van der Waals surface area contributed by atoms with E-state index in [0.29, 0.717) is 43.1 Å². The molecule has 2 amide bonds. The summed E-state index contributed by atoms with van der Waals surface area (Å²) in [6.07, 6.45) is 0.790. The van der Waals surface area contributed by atoms with E-state index >= 15 is 0 Å². The van der Waals surface area contributed by atoms with Crippen LogP contribution in [0.3, 0.4) is 0 Å². The van der Waals surface area contributed by atoms with Gasteiger partial charge in [0.25, 0.3) is 0 Å². The summed E-state index contributed by atoms with van der Waals surface area (Å²) in [6, 6.07) is 4.52. The molecule has 27 heavy (non-hydrogen) atoms. The maximum absolute atomic E-state index is 14.0. The number of carbonyl (C=O) groups is 2. The molecule has 0 N–H and O–H groups in total. The molecule has 7 heteroatoms. The van der Waals surface area contributed by atoms with E-state index in [4.69, 9.17) is 16.3 Å². The van der Waals surface area contributed by atoms with E-state index in [0.717, 1.165) is 0 Å². The fraction of sp³-hybridized carbons (Fsp3) is 0.600. The lowest BCUT2D eigenvalue weighted by Gasteiger charge is -2.35. The summed E-state index contributed by atoms with van der Waals surface area (Å²) in [6.45, 7) is 8.91. The van der Waals surface area contributed by atoms with Gasteiger partial charge >= 0.3 is 6.09 Å². The third-order valence-corrected chi connectivity index (χ3v) is 4.95. The Hall–Kier alpha value is -1.82. The second-order valence-electron chi connectivity index (χ2n) is 7.79. The highest BCUT2D eigenvalue weighted by Crippen LogP contribution is 2.25. The van der Waals surface area contributed by atoms with Gasteiger partial charge in [0.1, 0.15) is 11.4 Å². The molecule has 1 saturated heterocycles. The highest BCUT2D eigenvalue weighted by atomic mass is 35.5. The minimum Gasteiger partial charge on any atom is -0.444 e. The predicted octanol–water partition coefficient (Wildman–Crippen LogP) is 4.47. The number of likely N-dealkylation sites (tertiary alicyclic amines) is 1. The maximum atomic E-state index is 14.0. The van der Waals surface area contributed by atoms with Gasteiger partial charge in [0.2, 0.25) is 5.91 Å². The highest BCUT2D eigenvalue weighted by Gasteiger charge is 2.32. The zero-order valence-corrected chi connectivity index (χ0v) is 17.2. The number of hydrogen-bond acceptors (Lipinski definition) is 3. The van der Waals surface area contributed by atoms with Gasteiger partial charge in [0.05, 0.1) is 0 Å². The molecule has 1 aromatic rings. The number of piperidine rings is 1. The first-order valence-corrected chi connectivity index (χ1v) is 9.69. The van der Waals surface area contributed by atoms with E-state index in [2.05, 4.69) is 0 Å². The summed E-state index contributed by atoms with van der Waals surface area (Å²) < 4.78 is 19.4. The van der Waals surface area contributed by atoms with Gasteiger partial charge in [-0.25, -0.2) is 9.18 Å². The van der Waals surface area contributed by atoms with Crippen LogP contribution in [-0.2, 0) is 16.1 Å². The number of rotatable bonds is 4. The van der Waals surface area contributed by atoms with Crippen LogP contribution >= 0.6 is 11.6 Å². The largest absolute Gasteiger partial charge is 0.444 e. The summed E-state index contributed by atoms with van der Waals surface area (Å²) in [5.41, 5.74) is -0.206. The fourth-order valence-electron chi connectivity index (χ4n) is 3.11. The molecule has 1 heterocycles. The molecule has 150 valence electrons. The summed E-state index contributed by atoms with van der Waals surface area (Å²) in [4.78, 5) is 28.3. The topological polar surface area (TPSA) is 49.9 Å². The van der Waals surface area contributed by atoms with Crippen molar-refractivity contribution in [2.75, 3.05) is 19.6 Å². The Labute approximate surface area is 165 Å². The standard InChI is InChI=1S/C20H28ClFN2O3/c1-5-23(13-15-16(21)7-6-8-17(15)22)18(25)14-9-11-24(12-10-14)19(26)27-20(2,3)4/h6-8,14H,5,9-13H2,1-4H3. The molecule has 0 aliphatic carbocycles. The second-order valence-corrected chi connectivity index (χ2v) is 8.20. The molecule has 1 aliphatic heterocycles. The average molecular weight is 399 g/mol. The van der Waals surface area contributed by atoms with E-state index in [-0.39, 0.29) is 24.5 Å². The van der Waals surface area contributed by atoms with Crippen molar-refractivity contribution in [3.05, 3.63) is 34.6 Å². The molecular weight excluding hydrogens is 371 g/mol. The number of ether oxygens (including phenoxy) is 1. The molecule has 0 spiro atoms. The van der Waals surface area contributed by atoms with Crippen molar-refractivity contribution in [3.63, 3.8) is 0 Å². The van der Waals surface area contributed by atoms with Gasteiger partial charge in [0, 0.05) is 42.7 Å². The van der Waals surface area contributed by atoms with Crippen molar-refractivity contribution in [1.29, 1.82) is 0 Å². The quantitative estimate of drug-likeness (QED) is 0.751. The Bertz CT molecular complexity index is 662. The zero-order valence-electron chi connectivity index (χ0n) is 16.4. The Morgan fingerprint density at radius 3 is 2.44 bits per heavy atom. The van der Waals surface area contributed by atoms with Crippen molar-refractivity contribution in [1.82, 2.24) is 9.80 Å². The molecule has 0 bridgehead atoms. The molecule has 2 rings (SSSR count). The lowest BCUT2D eigenvalue weighted by molar-refractivity contribution is -0.137. The highest BCUT2D eigenvalue weighted by molar-refractivity contribution is 6.31. The Kier molecular flexibility index (Phi) is 7.09. The second kappa shape index (κ2) is 8.91. The van der Waals surface area contributed by atoms with E-state index in [1.165, 1.54) is 6.07 Å². The number of benzene rings is 1. The Balaban J connectivity index is 1.96. The molecule has 0 aromatic heterocycles. The van der Waals surface area contributed by atoms with Crippen molar-refractivity contribution in [2.45, 2.75) is 52.7 Å². The maximum Gasteiger partial charge on any atom is 0.410 e. The van der Waals surface area contributed by atoms with Crippen molar-refractivity contribution in [3.8, 4) is 0 Å². The van der Waals surface area contributed by atoms with Gasteiger partial charge in [-0.15, -0.1) is 0 Å². The molecule has 0 unspecified atom stereocenters. The van der Waals surface area contributed by atoms with E-state index in [1.54, 1.807) is 21.9 Å². The van der Waals surface area contributed by atoms with Gasteiger partial charge < -0.3 is 14.5 Å². The van der Waals surface area contributed by atoms with Gasteiger partial charge in [0.15, 0.2) is 0 Å². The zero-order chi connectivity index (χ0) is 20.2. The van der Waals surface area contributed by atoms with Crippen LogP contribution in [0, 0.1) is 11.7 Å². The molecule has 5 nitrogen and oxygen atoms in total. The average Bonchev–Trinajstić information content (AvgIpc) is 2.60. The third-order valence-electron chi connectivity index (χ3n) is 4.60. The monoisotopic (exact) mass is 398 g/mol. The lowest BCUT2D eigenvalue weighted by Crippen LogP contribution is -2.45. The number of hydrogen-bond donors (Lipinski definition) is 0. The number of amides is 2. The first-order chi connectivity index (χ1) is 12.6. The summed E-state index contributed by atoms with van der Waals surface area (Å²) >= 11 is 6.09. The molecule has 1 aromatic carbocycles. The van der Waals surface area contributed by atoms with Crippen LogP contribution in [0.2, 0.25) is 5.02 Å². The van der Waals surface area contributed by atoms with Gasteiger partial charge in [-0.2, -0.15) is 0 Å². The number of carbonyl (C=O) groups excluding carboxylic acids is 2. The minimum atomic E-state index is -0.540. The van der Waals surface area contributed by atoms with Gasteiger partial charge in [-0.1, -0.05) is 17.7 Å². The summed E-state index contributed by atoms with van der Waals surface area (Å²) in [5.74, 6) is -0.622. The van der Waals surface area contributed by atoms with Crippen molar-refractivity contribution < 1.29 is 18.7 Å². The normalized spacial score (nSPS) is 15.6. The molecular formula is C20H28ClFN2O3.